The number of benzene rings is 1. The molecule has 0 radical (unpaired) electrons. The van der Waals surface area contributed by atoms with Crippen LogP contribution in [0.4, 0.5) is 0 Å². The Morgan fingerprint density at radius 1 is 1.24 bits per heavy atom. The molecule has 0 aliphatic rings. The summed E-state index contributed by atoms with van der Waals surface area (Å²) in [5, 5.41) is 4.25. The standard InChI is InChI=1S/C20H23N5O7S/c1-11(2)13-8-16-15(7-14(13)17-5-6-21-24(17)4)19(28)25(20(29)22-16)10-33(30,31)23-18(27)9-32-12(3)26/h5-8,11H,9-10H2,1-4H3,(H,22,29)(H,23,27). The molecular formula is C20H23N5O7S. The number of sulfonamides is 1. The number of carbonyl (C=O) groups excluding carboxylic acids is 2. The Hall–Kier alpha value is -3.74. The summed E-state index contributed by atoms with van der Waals surface area (Å²) in [6.45, 7) is 4.17. The van der Waals surface area contributed by atoms with Crippen molar-refractivity contribution < 1.29 is 22.7 Å². The monoisotopic (exact) mass is 477 g/mol. The number of carbonyl (C=O) groups is 2. The molecule has 13 heteroatoms. The molecule has 0 saturated heterocycles. The van der Waals surface area contributed by atoms with E-state index in [0.29, 0.717) is 10.1 Å². The Labute approximate surface area is 188 Å². The number of amides is 1. The Kier molecular flexibility index (Phi) is 6.53. The molecule has 33 heavy (non-hydrogen) atoms. The summed E-state index contributed by atoms with van der Waals surface area (Å²) in [5.41, 5.74) is 0.781. The van der Waals surface area contributed by atoms with E-state index in [9.17, 15) is 27.6 Å². The van der Waals surface area contributed by atoms with Crippen molar-refractivity contribution in [3.63, 3.8) is 0 Å². The molecule has 2 heterocycles. The third kappa shape index (κ3) is 5.19. The number of H-pyrrole nitrogens is 1. The van der Waals surface area contributed by atoms with Crippen molar-refractivity contribution in [2.45, 2.75) is 32.6 Å². The summed E-state index contributed by atoms with van der Waals surface area (Å²) in [7, 11) is -2.69. The van der Waals surface area contributed by atoms with Crippen molar-refractivity contribution in [1.29, 1.82) is 0 Å². The first-order valence-electron chi connectivity index (χ1n) is 9.85. The Morgan fingerprint density at radius 2 is 1.94 bits per heavy atom. The van der Waals surface area contributed by atoms with Gasteiger partial charge in [-0.3, -0.25) is 19.1 Å². The van der Waals surface area contributed by atoms with Crippen molar-refractivity contribution in [2.75, 3.05) is 6.61 Å². The maximum atomic E-state index is 13.1. The van der Waals surface area contributed by atoms with E-state index in [1.54, 1.807) is 40.8 Å². The van der Waals surface area contributed by atoms with Crippen molar-refractivity contribution >= 4 is 32.8 Å². The molecule has 1 amide bonds. The fourth-order valence-electron chi connectivity index (χ4n) is 3.34. The molecule has 0 spiro atoms. The predicted octanol–water partition coefficient (Wildman–Crippen LogP) is 0.180. The van der Waals surface area contributed by atoms with E-state index in [1.807, 2.05) is 13.8 Å². The maximum Gasteiger partial charge on any atom is 0.329 e. The van der Waals surface area contributed by atoms with Gasteiger partial charge in [0.25, 0.3) is 21.5 Å². The Morgan fingerprint density at radius 3 is 2.52 bits per heavy atom. The van der Waals surface area contributed by atoms with Gasteiger partial charge < -0.3 is 9.72 Å². The summed E-state index contributed by atoms with van der Waals surface area (Å²) in [6, 6.07) is 5.05. The third-order valence-corrected chi connectivity index (χ3v) is 5.98. The Bertz CT molecular complexity index is 1460. The second-order valence-electron chi connectivity index (χ2n) is 7.69. The highest BCUT2D eigenvalue weighted by molar-refractivity contribution is 7.89. The molecule has 3 aromatic rings. The van der Waals surface area contributed by atoms with Crippen LogP contribution in [0.15, 0.2) is 34.0 Å². The zero-order valence-electron chi connectivity index (χ0n) is 18.4. The average molecular weight is 477 g/mol. The van der Waals surface area contributed by atoms with Gasteiger partial charge in [-0.25, -0.2) is 22.5 Å². The van der Waals surface area contributed by atoms with Gasteiger partial charge in [-0.2, -0.15) is 5.10 Å². The van der Waals surface area contributed by atoms with Crippen molar-refractivity contribution in [1.82, 2.24) is 24.1 Å². The van der Waals surface area contributed by atoms with Crippen LogP contribution in [0.1, 0.15) is 32.3 Å². The van der Waals surface area contributed by atoms with Gasteiger partial charge in [-0.15, -0.1) is 0 Å². The number of aromatic nitrogens is 4. The van der Waals surface area contributed by atoms with Gasteiger partial charge in [0, 0.05) is 25.7 Å². The largest absolute Gasteiger partial charge is 0.456 e. The minimum absolute atomic E-state index is 0.0537. The van der Waals surface area contributed by atoms with Gasteiger partial charge in [-0.1, -0.05) is 13.8 Å². The smallest absolute Gasteiger partial charge is 0.329 e. The Balaban J connectivity index is 2.08. The predicted molar refractivity (Wildman–Crippen MR) is 119 cm³/mol. The lowest BCUT2D eigenvalue weighted by atomic mass is 9.93. The van der Waals surface area contributed by atoms with Gasteiger partial charge in [0.05, 0.1) is 16.6 Å². The van der Waals surface area contributed by atoms with E-state index in [1.165, 1.54) is 0 Å². The van der Waals surface area contributed by atoms with E-state index in [-0.39, 0.29) is 16.8 Å². The van der Waals surface area contributed by atoms with Crippen LogP contribution in [0, 0.1) is 0 Å². The second kappa shape index (κ2) is 9.02. The summed E-state index contributed by atoms with van der Waals surface area (Å²) in [4.78, 5) is 50.6. The van der Waals surface area contributed by atoms with Crippen molar-refractivity contribution in [2.24, 2.45) is 7.05 Å². The number of nitrogens with one attached hydrogen (secondary N) is 2. The summed E-state index contributed by atoms with van der Waals surface area (Å²) in [5.74, 6) is -2.93. The summed E-state index contributed by atoms with van der Waals surface area (Å²) >= 11 is 0. The minimum Gasteiger partial charge on any atom is -0.456 e. The average Bonchev–Trinajstić information content (AvgIpc) is 3.14. The highest BCUT2D eigenvalue weighted by Gasteiger charge is 2.21. The first-order valence-corrected chi connectivity index (χ1v) is 11.5. The zero-order chi connectivity index (χ0) is 24.5. The quantitative estimate of drug-likeness (QED) is 0.455. The van der Waals surface area contributed by atoms with Gasteiger partial charge in [0.15, 0.2) is 12.5 Å². The minimum atomic E-state index is -4.44. The number of hydrogen-bond donors (Lipinski definition) is 2. The molecular weight excluding hydrogens is 454 g/mol. The van der Waals surface area contributed by atoms with Crippen LogP contribution in [-0.2, 0) is 37.3 Å². The molecule has 0 saturated carbocycles. The van der Waals surface area contributed by atoms with Crippen LogP contribution < -0.4 is 16.0 Å². The molecule has 2 aromatic heterocycles. The molecule has 0 fully saturated rings. The van der Waals surface area contributed by atoms with Gasteiger partial charge >= 0.3 is 11.7 Å². The summed E-state index contributed by atoms with van der Waals surface area (Å²) < 4.78 is 32.9. The highest BCUT2D eigenvalue weighted by Crippen LogP contribution is 2.31. The number of aromatic amines is 1. The molecule has 0 atom stereocenters. The first-order chi connectivity index (χ1) is 15.4. The van der Waals surface area contributed by atoms with Crippen LogP contribution in [0.25, 0.3) is 22.2 Å². The third-order valence-electron chi connectivity index (χ3n) is 4.85. The second-order valence-corrected chi connectivity index (χ2v) is 9.38. The highest BCUT2D eigenvalue weighted by atomic mass is 32.2. The molecule has 1 aromatic carbocycles. The number of aryl methyl sites for hydroxylation is 1. The fraction of sp³-hybridized carbons (Fsp3) is 0.350. The number of fused-ring (bicyclic) bond motifs is 1. The van der Waals surface area contributed by atoms with Crippen molar-refractivity contribution in [3.05, 3.63) is 50.8 Å². The van der Waals surface area contributed by atoms with Crippen LogP contribution in [0.2, 0.25) is 0 Å². The molecule has 0 aliphatic carbocycles. The lowest BCUT2D eigenvalue weighted by Gasteiger charge is -2.15. The number of hydrogen-bond acceptors (Lipinski definition) is 8. The molecule has 3 rings (SSSR count). The van der Waals surface area contributed by atoms with E-state index < -0.39 is 45.6 Å². The molecule has 176 valence electrons. The van der Waals surface area contributed by atoms with Crippen LogP contribution in [-0.4, -0.2) is 46.2 Å². The van der Waals surface area contributed by atoms with E-state index in [2.05, 4.69) is 14.8 Å². The number of ether oxygens (including phenoxy) is 1. The molecule has 0 unspecified atom stereocenters. The zero-order valence-corrected chi connectivity index (χ0v) is 19.2. The van der Waals surface area contributed by atoms with Crippen LogP contribution in [0.5, 0.6) is 0 Å². The molecule has 12 nitrogen and oxygen atoms in total. The number of esters is 1. The van der Waals surface area contributed by atoms with Gasteiger partial charge in [0.1, 0.15) is 0 Å². The van der Waals surface area contributed by atoms with E-state index in [4.69, 9.17) is 0 Å². The van der Waals surface area contributed by atoms with E-state index >= 15 is 0 Å². The SMILES string of the molecule is CC(=O)OCC(=O)NS(=O)(=O)Cn1c(=O)[nH]c2cc(C(C)C)c(-c3ccnn3C)cc2c1=O. The summed E-state index contributed by atoms with van der Waals surface area (Å²) in [6.07, 6.45) is 1.61. The van der Waals surface area contributed by atoms with Crippen LogP contribution in [0.3, 0.4) is 0 Å². The first kappa shape index (κ1) is 23.9. The van der Waals surface area contributed by atoms with Crippen molar-refractivity contribution in [3.8, 4) is 11.3 Å². The lowest BCUT2D eigenvalue weighted by Crippen LogP contribution is -2.42. The molecule has 2 N–H and O–H groups in total. The van der Waals surface area contributed by atoms with Gasteiger partial charge in [0.2, 0.25) is 0 Å². The lowest BCUT2D eigenvalue weighted by molar-refractivity contribution is -0.145. The number of nitrogens with zero attached hydrogens (tertiary/aromatic N) is 3. The van der Waals surface area contributed by atoms with E-state index in [0.717, 1.165) is 18.2 Å². The molecule has 0 aliphatic heterocycles. The number of rotatable bonds is 7. The fourth-order valence-corrected chi connectivity index (χ4v) is 4.39. The van der Waals surface area contributed by atoms with Gasteiger partial charge in [-0.05, 0) is 29.7 Å². The topological polar surface area (TPSA) is 162 Å². The normalized spacial score (nSPS) is 11.7. The van der Waals surface area contributed by atoms with Crippen LogP contribution >= 0.6 is 0 Å². The maximum absolute atomic E-state index is 13.1. The molecule has 0 bridgehead atoms.